The summed E-state index contributed by atoms with van der Waals surface area (Å²) in [5.41, 5.74) is 4.81. The fourth-order valence-electron chi connectivity index (χ4n) is 3.08. The number of anilines is 1. The summed E-state index contributed by atoms with van der Waals surface area (Å²) in [5, 5.41) is 6.98. The van der Waals surface area contributed by atoms with Crippen LogP contribution in [0.1, 0.15) is 22.4 Å². The van der Waals surface area contributed by atoms with E-state index >= 15 is 0 Å². The van der Waals surface area contributed by atoms with Gasteiger partial charge in [0, 0.05) is 36.6 Å². The number of aromatic nitrogens is 2. The van der Waals surface area contributed by atoms with E-state index in [2.05, 4.69) is 44.9 Å². The van der Waals surface area contributed by atoms with Gasteiger partial charge < -0.3 is 10.6 Å². The fraction of sp³-hybridized carbons (Fsp3) is 0.143. The molecule has 0 saturated carbocycles. The normalized spacial score (nSPS) is 12.9. The van der Waals surface area contributed by atoms with E-state index in [4.69, 9.17) is 23.4 Å². The Hall–Kier alpha value is -2.76. The molecule has 0 bridgehead atoms. The van der Waals surface area contributed by atoms with Gasteiger partial charge >= 0.3 is 0 Å². The topological polar surface area (TPSA) is 53.1 Å². The molecule has 4 rings (SSSR count). The van der Waals surface area contributed by atoms with Gasteiger partial charge in [0.05, 0.1) is 17.9 Å². The third-order valence-corrected chi connectivity index (χ3v) is 4.83. The van der Waals surface area contributed by atoms with Crippen molar-refractivity contribution in [3.63, 3.8) is 0 Å². The van der Waals surface area contributed by atoms with Crippen molar-refractivity contribution in [2.75, 3.05) is 5.32 Å². The number of nitrogens with zero attached hydrogens (tertiary/aromatic N) is 3. The number of rotatable bonds is 6. The zero-order chi connectivity index (χ0) is 19.3. The van der Waals surface area contributed by atoms with Crippen molar-refractivity contribution >= 4 is 34.9 Å². The molecule has 2 aromatic carbocycles. The van der Waals surface area contributed by atoms with E-state index in [1.54, 1.807) is 4.42 Å². The molecule has 0 unspecified atom stereocenters. The molecule has 7 heteroatoms. The molecule has 1 aliphatic rings. The van der Waals surface area contributed by atoms with Crippen molar-refractivity contribution in [3.8, 4) is 0 Å². The van der Waals surface area contributed by atoms with Crippen LogP contribution in [0.25, 0.3) is 5.70 Å². The predicted octanol–water partition coefficient (Wildman–Crippen LogP) is 4.80. The van der Waals surface area contributed by atoms with Crippen LogP contribution in [0, 0.1) is 0 Å². The molecule has 0 spiro atoms. The first-order valence-electron chi connectivity index (χ1n) is 8.95. The van der Waals surface area contributed by atoms with Crippen molar-refractivity contribution in [2.24, 2.45) is 0 Å². The molecular formula is C21H19Cl2N5. The van der Waals surface area contributed by atoms with Crippen molar-refractivity contribution in [1.29, 1.82) is 0 Å². The summed E-state index contributed by atoms with van der Waals surface area (Å²) in [5.74, 6) is 0.691. The molecule has 0 fully saturated rings. The van der Waals surface area contributed by atoms with Gasteiger partial charge in [-0.1, -0.05) is 60.7 Å². The SMILES string of the molecule is Clc1nc(NCc2ccccc2)c2c(n1)C(NCc1ccccc1)=CN(Cl)C2. The van der Waals surface area contributed by atoms with Gasteiger partial charge in [0.2, 0.25) is 5.28 Å². The maximum atomic E-state index is 6.35. The largest absolute Gasteiger partial charge is 0.378 e. The summed E-state index contributed by atoms with van der Waals surface area (Å²) >= 11 is 12.6. The molecule has 142 valence electrons. The van der Waals surface area contributed by atoms with Crippen LogP contribution in [0.3, 0.4) is 0 Å². The van der Waals surface area contributed by atoms with Crippen LogP contribution in [-0.2, 0) is 19.6 Å². The standard InChI is InChI=1S/C21H19Cl2N5/c22-21-26-19-17(20(27-21)25-12-16-9-5-2-6-10-16)13-28(23)14-18(19)24-11-15-7-3-1-4-8-15/h1-10,14,24H,11-13H2,(H,25,26,27). The number of hydrogen-bond acceptors (Lipinski definition) is 5. The van der Waals surface area contributed by atoms with Crippen molar-refractivity contribution < 1.29 is 0 Å². The Kier molecular flexibility index (Phi) is 5.65. The molecule has 28 heavy (non-hydrogen) atoms. The Balaban J connectivity index is 1.58. The molecule has 1 aromatic heterocycles. The highest BCUT2D eigenvalue weighted by Crippen LogP contribution is 2.30. The number of benzene rings is 2. The van der Waals surface area contributed by atoms with Gasteiger partial charge in [0.1, 0.15) is 5.82 Å². The average Bonchev–Trinajstić information content (AvgIpc) is 2.72. The molecule has 1 aliphatic heterocycles. The van der Waals surface area contributed by atoms with Gasteiger partial charge in [-0.25, -0.2) is 9.97 Å². The lowest BCUT2D eigenvalue weighted by atomic mass is 10.1. The summed E-state index contributed by atoms with van der Waals surface area (Å²) in [6.45, 7) is 1.78. The second-order valence-corrected chi connectivity index (χ2v) is 7.22. The second-order valence-electron chi connectivity index (χ2n) is 6.45. The van der Waals surface area contributed by atoms with E-state index in [-0.39, 0.29) is 5.28 Å². The summed E-state index contributed by atoms with van der Waals surface area (Å²) in [6.07, 6.45) is 1.83. The zero-order valence-corrected chi connectivity index (χ0v) is 16.6. The summed E-state index contributed by atoms with van der Waals surface area (Å²) < 4.78 is 1.60. The third-order valence-electron chi connectivity index (χ3n) is 4.44. The van der Waals surface area contributed by atoms with Gasteiger partial charge in [-0.2, -0.15) is 0 Å². The Bertz CT molecular complexity index is 977. The molecule has 5 nitrogen and oxygen atoms in total. The van der Waals surface area contributed by atoms with Crippen LogP contribution in [-0.4, -0.2) is 14.4 Å². The van der Waals surface area contributed by atoms with E-state index in [9.17, 15) is 0 Å². The number of halogens is 2. The van der Waals surface area contributed by atoms with E-state index in [1.165, 1.54) is 5.56 Å². The lowest BCUT2D eigenvalue weighted by Gasteiger charge is -2.25. The summed E-state index contributed by atoms with van der Waals surface area (Å²) in [7, 11) is 0. The molecule has 0 aliphatic carbocycles. The van der Waals surface area contributed by atoms with E-state index in [0.29, 0.717) is 25.5 Å². The highest BCUT2D eigenvalue weighted by Gasteiger charge is 2.23. The number of hydrogen-bond donors (Lipinski definition) is 2. The van der Waals surface area contributed by atoms with Gasteiger partial charge in [0.25, 0.3) is 0 Å². The quantitative estimate of drug-likeness (QED) is 0.450. The molecule has 0 atom stereocenters. The van der Waals surface area contributed by atoms with Gasteiger partial charge in [-0.15, -0.1) is 0 Å². The molecule has 0 amide bonds. The van der Waals surface area contributed by atoms with E-state index < -0.39 is 0 Å². The molecule has 0 saturated heterocycles. The monoisotopic (exact) mass is 411 g/mol. The van der Waals surface area contributed by atoms with Crippen LogP contribution in [0.2, 0.25) is 5.28 Å². The van der Waals surface area contributed by atoms with Gasteiger partial charge in [0.15, 0.2) is 0 Å². The molecule has 2 N–H and O–H groups in total. The number of nitrogens with one attached hydrogen (secondary N) is 2. The average molecular weight is 412 g/mol. The van der Waals surface area contributed by atoms with Gasteiger partial charge in [-0.3, -0.25) is 4.42 Å². The first-order valence-corrected chi connectivity index (χ1v) is 9.67. The Morgan fingerprint density at radius 1 is 0.857 bits per heavy atom. The minimum Gasteiger partial charge on any atom is -0.378 e. The lowest BCUT2D eigenvalue weighted by Crippen LogP contribution is -2.24. The molecule has 2 heterocycles. The number of fused-ring (bicyclic) bond motifs is 1. The highest BCUT2D eigenvalue weighted by molar-refractivity contribution is 6.28. The molecule has 3 aromatic rings. The fourth-order valence-corrected chi connectivity index (χ4v) is 3.46. The van der Waals surface area contributed by atoms with E-state index in [0.717, 1.165) is 22.5 Å². The van der Waals surface area contributed by atoms with Crippen molar-refractivity contribution in [2.45, 2.75) is 19.6 Å². The zero-order valence-electron chi connectivity index (χ0n) is 15.1. The van der Waals surface area contributed by atoms with Crippen LogP contribution >= 0.6 is 23.4 Å². The van der Waals surface area contributed by atoms with Crippen LogP contribution in [0.5, 0.6) is 0 Å². The molecule has 0 radical (unpaired) electrons. The highest BCUT2D eigenvalue weighted by atomic mass is 35.5. The maximum Gasteiger partial charge on any atom is 0.224 e. The van der Waals surface area contributed by atoms with Crippen molar-refractivity contribution in [3.05, 3.63) is 94.5 Å². The molecular weight excluding hydrogens is 393 g/mol. The minimum absolute atomic E-state index is 0.199. The Morgan fingerprint density at radius 3 is 2.11 bits per heavy atom. The maximum absolute atomic E-state index is 6.35. The second kappa shape index (κ2) is 8.50. The Labute approximate surface area is 174 Å². The van der Waals surface area contributed by atoms with Crippen LogP contribution in [0.4, 0.5) is 5.82 Å². The van der Waals surface area contributed by atoms with Crippen molar-refractivity contribution in [1.82, 2.24) is 19.7 Å². The minimum atomic E-state index is 0.199. The lowest BCUT2D eigenvalue weighted by molar-refractivity contribution is 0.579. The third kappa shape index (κ3) is 4.38. The Morgan fingerprint density at radius 2 is 1.46 bits per heavy atom. The first kappa shape index (κ1) is 18.6. The van der Waals surface area contributed by atoms with E-state index in [1.807, 2.05) is 42.6 Å². The first-order chi connectivity index (χ1) is 13.7. The van der Waals surface area contributed by atoms with Crippen LogP contribution in [0.15, 0.2) is 66.9 Å². The predicted molar refractivity (Wildman–Crippen MR) is 113 cm³/mol. The van der Waals surface area contributed by atoms with Crippen LogP contribution < -0.4 is 10.6 Å². The smallest absolute Gasteiger partial charge is 0.224 e. The van der Waals surface area contributed by atoms with Gasteiger partial charge in [-0.05, 0) is 22.7 Å². The summed E-state index contributed by atoms with van der Waals surface area (Å²) in [6, 6.07) is 20.3. The summed E-state index contributed by atoms with van der Waals surface area (Å²) in [4.78, 5) is 8.85.